The van der Waals surface area contributed by atoms with Crippen LogP contribution in [0.5, 0.6) is 0 Å². The number of thioether (sulfide) groups is 1. The third-order valence-electron chi connectivity index (χ3n) is 3.96. The van der Waals surface area contributed by atoms with E-state index in [0.717, 1.165) is 12.7 Å². The molecule has 0 saturated heterocycles. The van der Waals surface area contributed by atoms with Crippen LogP contribution in [0.25, 0.3) is 0 Å². The molecule has 25 heavy (non-hydrogen) atoms. The summed E-state index contributed by atoms with van der Waals surface area (Å²) in [6.07, 6.45) is 5.20. The van der Waals surface area contributed by atoms with E-state index in [1.165, 1.54) is 21.1 Å². The van der Waals surface area contributed by atoms with E-state index in [1.807, 2.05) is 6.21 Å². The zero-order valence-electron chi connectivity index (χ0n) is 14.4. The molecule has 0 N–H and O–H groups in total. The zero-order valence-corrected chi connectivity index (χ0v) is 16.1. The normalized spacial score (nSPS) is 11.3. The van der Waals surface area contributed by atoms with Crippen molar-refractivity contribution in [1.29, 1.82) is 0 Å². The molecule has 0 amide bonds. The minimum atomic E-state index is -0.362. The molecule has 0 spiro atoms. The fourth-order valence-corrected chi connectivity index (χ4v) is 5.48. The molecule has 3 aromatic carbocycles. The molecule has 0 heterocycles. The summed E-state index contributed by atoms with van der Waals surface area (Å²) in [5.74, 6) is 0. The second-order valence-corrected chi connectivity index (χ2v) is 8.78. The van der Waals surface area contributed by atoms with Gasteiger partial charge in [-0.05, 0) is 37.0 Å². The molecule has 1 nitrogen and oxygen atoms in total. The van der Waals surface area contributed by atoms with Gasteiger partial charge in [-0.15, -0.1) is 11.8 Å². The van der Waals surface area contributed by atoms with Gasteiger partial charge < -0.3 is 0 Å². The molecule has 3 aromatic rings. The Morgan fingerprint density at radius 1 is 0.800 bits per heavy atom. The fourth-order valence-electron chi connectivity index (χ4n) is 2.72. The van der Waals surface area contributed by atoms with Gasteiger partial charge in [-0.2, -0.15) is 0 Å². The highest BCUT2D eigenvalue weighted by atomic mass is 32.2. The van der Waals surface area contributed by atoms with Crippen LogP contribution in [0.3, 0.4) is 0 Å². The summed E-state index contributed by atoms with van der Waals surface area (Å²) in [5.41, 5.74) is 1.21. The van der Waals surface area contributed by atoms with Crippen molar-refractivity contribution in [1.82, 2.24) is 0 Å². The predicted octanol–water partition coefficient (Wildman–Crippen LogP) is 4.96. The van der Waals surface area contributed by atoms with Gasteiger partial charge in [0.1, 0.15) is 0 Å². The van der Waals surface area contributed by atoms with E-state index in [0.29, 0.717) is 0 Å². The maximum atomic E-state index is 4.72. The van der Waals surface area contributed by atoms with E-state index in [1.54, 1.807) is 11.8 Å². The van der Waals surface area contributed by atoms with Gasteiger partial charge in [0.25, 0.3) is 0 Å². The smallest absolute Gasteiger partial charge is 0.0434 e. The number of aliphatic imine (C=N–C) groups is 1. The Balaban J connectivity index is 1.72. The van der Waals surface area contributed by atoms with Gasteiger partial charge in [0, 0.05) is 23.2 Å². The molecule has 0 saturated carbocycles. The predicted molar refractivity (Wildman–Crippen MR) is 115 cm³/mol. The Labute approximate surface area is 156 Å². The average molecular weight is 363 g/mol. The zero-order chi connectivity index (χ0) is 17.3. The van der Waals surface area contributed by atoms with Crippen LogP contribution in [0, 0.1) is 0 Å². The number of hydrogen-bond donors (Lipinski definition) is 0. The van der Waals surface area contributed by atoms with Crippen molar-refractivity contribution in [2.45, 2.75) is 4.90 Å². The highest BCUT2D eigenvalue weighted by Crippen LogP contribution is 2.32. The first kappa shape index (κ1) is 17.9. The molecular formula is C22H22NPS. The molecule has 0 atom stereocenters. The lowest BCUT2D eigenvalue weighted by molar-refractivity contribution is 1.15. The molecule has 0 aliphatic heterocycles. The van der Waals surface area contributed by atoms with Crippen LogP contribution < -0.4 is 10.6 Å². The van der Waals surface area contributed by atoms with E-state index in [4.69, 9.17) is 4.99 Å². The van der Waals surface area contributed by atoms with Crippen molar-refractivity contribution in [2.75, 3.05) is 19.0 Å². The molecule has 0 fully saturated rings. The second-order valence-electron chi connectivity index (χ2n) is 5.60. The van der Waals surface area contributed by atoms with Crippen molar-refractivity contribution in [2.24, 2.45) is 4.99 Å². The van der Waals surface area contributed by atoms with Crippen LogP contribution in [-0.2, 0) is 0 Å². The van der Waals surface area contributed by atoms with E-state index in [-0.39, 0.29) is 7.92 Å². The molecule has 0 aromatic heterocycles. The molecule has 0 aliphatic rings. The molecule has 0 unspecified atom stereocenters. The molecule has 0 radical (unpaired) electrons. The number of rotatable bonds is 7. The van der Waals surface area contributed by atoms with E-state index < -0.39 is 0 Å². The molecule has 0 bridgehead atoms. The lowest BCUT2D eigenvalue weighted by atomic mass is 10.2. The van der Waals surface area contributed by atoms with Crippen LogP contribution in [0.15, 0.2) is 94.8 Å². The van der Waals surface area contributed by atoms with Gasteiger partial charge in [-0.1, -0.05) is 78.9 Å². The Hall–Kier alpha value is -1.89. The minimum absolute atomic E-state index is 0.362. The summed E-state index contributed by atoms with van der Waals surface area (Å²) in [7, 11) is -0.362. The Bertz CT molecular complexity index is 763. The third-order valence-corrected chi connectivity index (χ3v) is 7.26. The van der Waals surface area contributed by atoms with Gasteiger partial charge in [-0.25, -0.2) is 0 Å². The summed E-state index contributed by atoms with van der Waals surface area (Å²) >= 11 is 1.77. The van der Waals surface area contributed by atoms with Crippen molar-refractivity contribution in [3.05, 3.63) is 90.5 Å². The number of hydrogen-bond acceptors (Lipinski definition) is 2. The van der Waals surface area contributed by atoms with Crippen LogP contribution in [0.4, 0.5) is 0 Å². The molecule has 3 rings (SSSR count). The SMILES string of the molecule is CSc1ccccc1/C=N/CCP(c1ccccc1)c1ccccc1. The Kier molecular flexibility index (Phi) is 6.85. The van der Waals surface area contributed by atoms with Crippen molar-refractivity contribution in [3.63, 3.8) is 0 Å². The Morgan fingerprint density at radius 2 is 1.36 bits per heavy atom. The second kappa shape index (κ2) is 9.56. The van der Waals surface area contributed by atoms with E-state index in [2.05, 4.69) is 91.2 Å². The monoisotopic (exact) mass is 363 g/mol. The molecule has 0 aliphatic carbocycles. The first-order valence-corrected chi connectivity index (χ1v) is 11.1. The third kappa shape index (κ3) is 5.04. The topological polar surface area (TPSA) is 12.4 Å². The standard InChI is InChI=1S/C22H22NPS/c1-25-22-15-9-8-10-19(22)18-23-16-17-24(20-11-4-2-5-12-20)21-13-6-3-7-14-21/h2-15,18H,16-17H2,1H3/b23-18+. The molecule has 3 heteroatoms. The maximum absolute atomic E-state index is 4.72. The van der Waals surface area contributed by atoms with E-state index >= 15 is 0 Å². The number of benzene rings is 3. The summed E-state index contributed by atoms with van der Waals surface area (Å²) in [4.78, 5) is 6.00. The molecule has 126 valence electrons. The van der Waals surface area contributed by atoms with Crippen molar-refractivity contribution in [3.8, 4) is 0 Å². The number of nitrogens with zero attached hydrogens (tertiary/aromatic N) is 1. The van der Waals surface area contributed by atoms with Gasteiger partial charge in [0.05, 0.1) is 0 Å². The van der Waals surface area contributed by atoms with Gasteiger partial charge >= 0.3 is 0 Å². The fraction of sp³-hybridized carbons (Fsp3) is 0.136. The van der Waals surface area contributed by atoms with E-state index in [9.17, 15) is 0 Å². The van der Waals surface area contributed by atoms with Crippen LogP contribution in [0.1, 0.15) is 5.56 Å². The maximum Gasteiger partial charge on any atom is 0.0434 e. The van der Waals surface area contributed by atoms with Gasteiger partial charge in [-0.3, -0.25) is 4.99 Å². The first-order chi connectivity index (χ1) is 12.4. The first-order valence-electron chi connectivity index (χ1n) is 8.39. The Morgan fingerprint density at radius 3 is 1.96 bits per heavy atom. The summed E-state index contributed by atoms with van der Waals surface area (Å²) in [5, 5.41) is 2.84. The quantitative estimate of drug-likeness (QED) is 0.328. The van der Waals surface area contributed by atoms with Crippen molar-refractivity contribution >= 4 is 36.5 Å². The van der Waals surface area contributed by atoms with Gasteiger partial charge in [0.2, 0.25) is 0 Å². The summed E-state index contributed by atoms with van der Waals surface area (Å²) in [6.45, 7) is 0.845. The lowest BCUT2D eigenvalue weighted by Gasteiger charge is -2.17. The van der Waals surface area contributed by atoms with Crippen LogP contribution in [0.2, 0.25) is 0 Å². The summed E-state index contributed by atoms with van der Waals surface area (Å²) in [6, 6.07) is 30.1. The van der Waals surface area contributed by atoms with Crippen LogP contribution in [-0.4, -0.2) is 25.2 Å². The highest BCUT2D eigenvalue weighted by Gasteiger charge is 2.12. The largest absolute Gasteiger partial charge is 0.292 e. The lowest BCUT2D eigenvalue weighted by Crippen LogP contribution is -2.15. The highest BCUT2D eigenvalue weighted by molar-refractivity contribution is 7.98. The average Bonchev–Trinajstić information content (AvgIpc) is 2.69. The van der Waals surface area contributed by atoms with Crippen LogP contribution >= 0.6 is 19.7 Å². The van der Waals surface area contributed by atoms with Gasteiger partial charge in [0.15, 0.2) is 0 Å². The minimum Gasteiger partial charge on any atom is -0.292 e. The summed E-state index contributed by atoms with van der Waals surface area (Å²) < 4.78 is 0. The molecular weight excluding hydrogens is 341 g/mol. The van der Waals surface area contributed by atoms with Crippen molar-refractivity contribution < 1.29 is 0 Å².